The van der Waals surface area contributed by atoms with Crippen LogP contribution in [0, 0.1) is 5.41 Å². The Labute approximate surface area is 96.2 Å². The number of hydrogen-bond acceptors (Lipinski definition) is 3. The van der Waals surface area contributed by atoms with Gasteiger partial charge in [-0.05, 0) is 37.5 Å². The summed E-state index contributed by atoms with van der Waals surface area (Å²) in [7, 11) is 0. The maximum Gasteiger partial charge on any atom is 0.115 e. The van der Waals surface area contributed by atoms with E-state index in [1.165, 1.54) is 5.56 Å². The lowest BCUT2D eigenvalue weighted by atomic mass is 9.76. The summed E-state index contributed by atoms with van der Waals surface area (Å²) in [4.78, 5) is 0. The Morgan fingerprint density at radius 3 is 2.62 bits per heavy atom. The molecule has 0 spiro atoms. The van der Waals surface area contributed by atoms with Gasteiger partial charge in [-0.3, -0.25) is 0 Å². The first-order valence-corrected chi connectivity index (χ1v) is 5.76. The van der Waals surface area contributed by atoms with E-state index in [1.54, 1.807) is 12.1 Å². The number of ether oxygens (including phenoxy) is 1. The maximum absolute atomic E-state index is 9.24. The third-order valence-corrected chi connectivity index (χ3v) is 3.73. The fourth-order valence-corrected chi connectivity index (χ4v) is 2.41. The minimum atomic E-state index is 0.0664. The van der Waals surface area contributed by atoms with E-state index in [0.717, 1.165) is 19.4 Å². The number of hydrogen-bond donors (Lipinski definition) is 2. The van der Waals surface area contributed by atoms with Gasteiger partial charge in [-0.2, -0.15) is 0 Å². The molecule has 1 heterocycles. The molecule has 0 aliphatic carbocycles. The largest absolute Gasteiger partial charge is 0.508 e. The first-order chi connectivity index (χ1) is 7.66. The van der Waals surface area contributed by atoms with Gasteiger partial charge in [-0.15, -0.1) is 0 Å². The summed E-state index contributed by atoms with van der Waals surface area (Å²) in [6, 6.07) is 7.36. The molecular weight excluding hydrogens is 202 g/mol. The van der Waals surface area contributed by atoms with Gasteiger partial charge in [0.15, 0.2) is 0 Å². The summed E-state index contributed by atoms with van der Waals surface area (Å²) in [5.41, 5.74) is 7.18. The Morgan fingerprint density at radius 1 is 1.44 bits per heavy atom. The molecule has 3 N–H and O–H groups in total. The van der Waals surface area contributed by atoms with Crippen LogP contribution < -0.4 is 5.73 Å². The van der Waals surface area contributed by atoms with E-state index in [9.17, 15) is 5.11 Å². The van der Waals surface area contributed by atoms with Gasteiger partial charge in [0.2, 0.25) is 0 Å². The molecule has 1 aromatic rings. The van der Waals surface area contributed by atoms with Crippen molar-refractivity contribution in [1.29, 1.82) is 0 Å². The van der Waals surface area contributed by atoms with Crippen LogP contribution in [0.25, 0.3) is 0 Å². The summed E-state index contributed by atoms with van der Waals surface area (Å²) in [6.07, 6.45) is 2.16. The third-order valence-electron chi connectivity index (χ3n) is 3.73. The number of rotatable bonds is 3. The van der Waals surface area contributed by atoms with Crippen LogP contribution in [0.4, 0.5) is 0 Å². The molecule has 1 aromatic carbocycles. The van der Waals surface area contributed by atoms with E-state index in [2.05, 4.69) is 6.92 Å². The second-order valence-corrected chi connectivity index (χ2v) is 4.67. The van der Waals surface area contributed by atoms with Crippen LogP contribution in [0.2, 0.25) is 0 Å². The van der Waals surface area contributed by atoms with Crippen molar-refractivity contribution in [1.82, 2.24) is 0 Å². The summed E-state index contributed by atoms with van der Waals surface area (Å²) in [5.74, 6) is 0.307. The van der Waals surface area contributed by atoms with Gasteiger partial charge in [-0.1, -0.05) is 12.1 Å². The number of nitrogens with two attached hydrogens (primary N) is 1. The zero-order valence-electron chi connectivity index (χ0n) is 9.65. The summed E-state index contributed by atoms with van der Waals surface area (Å²) in [5, 5.41) is 9.24. The van der Waals surface area contributed by atoms with Crippen LogP contribution >= 0.6 is 0 Å². The predicted molar refractivity (Wildman–Crippen MR) is 63.3 cm³/mol. The van der Waals surface area contributed by atoms with Crippen LogP contribution in [-0.4, -0.2) is 24.4 Å². The molecule has 1 fully saturated rings. The number of aromatic hydroxyl groups is 1. The Morgan fingerprint density at radius 2 is 2.12 bits per heavy atom. The van der Waals surface area contributed by atoms with Gasteiger partial charge in [0.05, 0.1) is 6.10 Å². The van der Waals surface area contributed by atoms with E-state index in [4.69, 9.17) is 10.5 Å². The molecule has 0 aromatic heterocycles. The minimum Gasteiger partial charge on any atom is -0.508 e. The van der Waals surface area contributed by atoms with E-state index < -0.39 is 0 Å². The van der Waals surface area contributed by atoms with Crippen LogP contribution in [0.5, 0.6) is 5.75 Å². The quantitative estimate of drug-likeness (QED) is 0.816. The van der Waals surface area contributed by atoms with E-state index >= 15 is 0 Å². The van der Waals surface area contributed by atoms with E-state index in [1.807, 2.05) is 12.1 Å². The van der Waals surface area contributed by atoms with Crippen molar-refractivity contribution in [3.05, 3.63) is 29.8 Å². The van der Waals surface area contributed by atoms with Gasteiger partial charge in [-0.25, -0.2) is 0 Å². The highest BCUT2D eigenvalue weighted by Gasteiger charge is 2.40. The van der Waals surface area contributed by atoms with Gasteiger partial charge in [0.25, 0.3) is 0 Å². The maximum atomic E-state index is 9.24. The smallest absolute Gasteiger partial charge is 0.115 e. The van der Waals surface area contributed by atoms with Crippen molar-refractivity contribution in [2.45, 2.75) is 25.9 Å². The lowest BCUT2D eigenvalue weighted by molar-refractivity contribution is 0.0673. The van der Waals surface area contributed by atoms with Crippen molar-refractivity contribution in [2.24, 2.45) is 11.1 Å². The lowest BCUT2D eigenvalue weighted by Crippen LogP contribution is -2.38. The molecule has 1 aliphatic rings. The first-order valence-electron chi connectivity index (χ1n) is 5.76. The number of phenolic OH excluding ortho intramolecular Hbond substituents is 1. The fourth-order valence-electron chi connectivity index (χ4n) is 2.41. The van der Waals surface area contributed by atoms with E-state index in [-0.39, 0.29) is 11.5 Å². The molecule has 0 bridgehead atoms. The van der Waals surface area contributed by atoms with Gasteiger partial charge in [0, 0.05) is 18.6 Å². The number of benzene rings is 1. The molecule has 2 unspecified atom stereocenters. The van der Waals surface area contributed by atoms with Crippen molar-refractivity contribution in [3.8, 4) is 5.75 Å². The average molecular weight is 221 g/mol. The minimum absolute atomic E-state index is 0.0664. The molecule has 88 valence electrons. The zero-order valence-corrected chi connectivity index (χ0v) is 9.65. The molecule has 3 heteroatoms. The summed E-state index contributed by atoms with van der Waals surface area (Å²) >= 11 is 0. The van der Waals surface area contributed by atoms with Crippen molar-refractivity contribution in [2.75, 3.05) is 13.2 Å². The van der Waals surface area contributed by atoms with Crippen LogP contribution in [0.3, 0.4) is 0 Å². The standard InChI is InChI=1S/C13H19NO2/c1-10-13(9-14,6-7-16-10)8-11-2-4-12(15)5-3-11/h2-5,10,15H,6-9,14H2,1H3. The molecule has 16 heavy (non-hydrogen) atoms. The molecule has 0 radical (unpaired) electrons. The number of phenols is 1. The van der Waals surface area contributed by atoms with Crippen LogP contribution in [0.15, 0.2) is 24.3 Å². The van der Waals surface area contributed by atoms with Gasteiger partial charge >= 0.3 is 0 Å². The molecule has 1 aliphatic heterocycles. The van der Waals surface area contributed by atoms with Crippen molar-refractivity contribution in [3.63, 3.8) is 0 Å². The SMILES string of the molecule is CC1OCCC1(CN)Cc1ccc(O)cc1. The summed E-state index contributed by atoms with van der Waals surface area (Å²) in [6.45, 7) is 3.55. The third kappa shape index (κ3) is 2.06. The molecule has 3 nitrogen and oxygen atoms in total. The molecule has 2 atom stereocenters. The highest BCUT2D eigenvalue weighted by Crippen LogP contribution is 2.37. The van der Waals surface area contributed by atoms with Gasteiger partial charge in [0.1, 0.15) is 5.75 Å². The molecule has 2 rings (SSSR count). The Hall–Kier alpha value is -1.06. The Balaban J connectivity index is 2.15. The van der Waals surface area contributed by atoms with Crippen molar-refractivity contribution >= 4 is 0 Å². The highest BCUT2D eigenvalue weighted by atomic mass is 16.5. The average Bonchev–Trinajstić information content (AvgIpc) is 2.64. The fraction of sp³-hybridized carbons (Fsp3) is 0.538. The summed E-state index contributed by atoms with van der Waals surface area (Å²) < 4.78 is 5.63. The predicted octanol–water partition coefficient (Wildman–Crippen LogP) is 1.69. The highest BCUT2D eigenvalue weighted by molar-refractivity contribution is 5.27. The van der Waals surface area contributed by atoms with Crippen LogP contribution in [-0.2, 0) is 11.2 Å². The topological polar surface area (TPSA) is 55.5 Å². The van der Waals surface area contributed by atoms with Crippen LogP contribution in [0.1, 0.15) is 18.9 Å². The zero-order chi connectivity index (χ0) is 11.6. The second-order valence-electron chi connectivity index (χ2n) is 4.67. The van der Waals surface area contributed by atoms with Crippen molar-refractivity contribution < 1.29 is 9.84 Å². The second kappa shape index (κ2) is 4.44. The monoisotopic (exact) mass is 221 g/mol. The normalized spacial score (nSPS) is 29.5. The Kier molecular flexibility index (Phi) is 3.17. The molecule has 1 saturated heterocycles. The first kappa shape index (κ1) is 11.4. The Bertz CT molecular complexity index is 349. The molecular formula is C13H19NO2. The van der Waals surface area contributed by atoms with E-state index in [0.29, 0.717) is 12.3 Å². The molecule has 0 saturated carbocycles. The molecule has 0 amide bonds. The van der Waals surface area contributed by atoms with Gasteiger partial charge < -0.3 is 15.6 Å². The lowest BCUT2D eigenvalue weighted by Gasteiger charge is -2.30.